The molecule has 0 saturated carbocycles. The van der Waals surface area contributed by atoms with Crippen molar-refractivity contribution in [3.63, 3.8) is 0 Å². The van der Waals surface area contributed by atoms with Crippen LogP contribution in [-0.2, 0) is 5.33 Å². The van der Waals surface area contributed by atoms with Gasteiger partial charge in [0.1, 0.15) is 0 Å². The fraction of sp³-hybridized carbons (Fsp3) is 0.250. The third-order valence-electron chi connectivity index (χ3n) is 0.620. The van der Waals surface area contributed by atoms with E-state index in [0.717, 1.165) is 11.0 Å². The van der Waals surface area contributed by atoms with Crippen LogP contribution in [0.25, 0.3) is 0 Å². The van der Waals surface area contributed by atoms with Crippen molar-refractivity contribution < 1.29 is 0 Å². The number of halogens is 2. The summed E-state index contributed by atoms with van der Waals surface area (Å²) in [5.41, 5.74) is 2.95. The van der Waals surface area contributed by atoms with Gasteiger partial charge in [0.15, 0.2) is 0 Å². The molecule has 0 fully saturated rings. The number of aromatic nitrogens is 1. The Labute approximate surface area is 71.0 Å². The number of hydrogen-bond acceptors (Lipinski definition) is 2. The second-order valence-electron chi connectivity index (χ2n) is 1.11. The summed E-state index contributed by atoms with van der Waals surface area (Å²) in [5.74, 6) is 0. The predicted octanol–water partition coefficient (Wildman–Crippen LogP) is 2.62. The van der Waals surface area contributed by atoms with Crippen LogP contribution < -0.4 is 0 Å². The zero-order chi connectivity index (χ0) is 5.11. The highest BCUT2D eigenvalue weighted by atomic mass is 79.9. The molecule has 0 atom stereocenters. The zero-order valence-corrected chi connectivity index (χ0v) is 8.12. The Bertz CT molecular complexity index is 129. The van der Waals surface area contributed by atoms with Crippen LogP contribution in [0.3, 0.4) is 0 Å². The Morgan fingerprint density at radius 2 is 2.50 bits per heavy atom. The van der Waals surface area contributed by atoms with Crippen LogP contribution in [-0.4, -0.2) is 4.98 Å². The quantitative estimate of drug-likeness (QED) is 0.706. The molecule has 0 unspecified atom stereocenters. The summed E-state index contributed by atoms with van der Waals surface area (Å²) in [4.78, 5) is 4.01. The number of hydrogen-bond donors (Lipinski definition) is 0. The molecule has 1 heterocycles. The Morgan fingerprint density at radius 1 is 1.75 bits per heavy atom. The molecule has 46 valence electrons. The molecule has 1 aromatic heterocycles. The highest BCUT2D eigenvalue weighted by Gasteiger charge is 1.85. The number of nitrogens with zero attached hydrogens (tertiary/aromatic N) is 1. The van der Waals surface area contributed by atoms with E-state index in [9.17, 15) is 0 Å². The third-order valence-corrected chi connectivity index (χ3v) is 1.83. The topological polar surface area (TPSA) is 12.9 Å². The van der Waals surface area contributed by atoms with Gasteiger partial charge >= 0.3 is 0 Å². The monoisotopic (exact) mass is 257 g/mol. The van der Waals surface area contributed by atoms with Crippen LogP contribution >= 0.6 is 44.2 Å². The largest absolute Gasteiger partial charge is 0.249 e. The maximum Gasteiger partial charge on any atom is 0.0795 e. The first kappa shape index (κ1) is 8.59. The van der Waals surface area contributed by atoms with Crippen molar-refractivity contribution in [2.45, 2.75) is 5.33 Å². The highest BCUT2D eigenvalue weighted by Crippen LogP contribution is 2.03. The lowest BCUT2D eigenvalue weighted by molar-refractivity contribution is 1.25. The number of rotatable bonds is 1. The normalized spacial score (nSPS) is 8.12. The highest BCUT2D eigenvalue weighted by molar-refractivity contribution is 9.08. The van der Waals surface area contributed by atoms with Gasteiger partial charge in [-0.05, 0) is 0 Å². The number of thiazole rings is 1. The second-order valence-corrected chi connectivity index (χ2v) is 2.39. The van der Waals surface area contributed by atoms with Crippen LogP contribution in [0, 0.1) is 0 Å². The van der Waals surface area contributed by atoms with Gasteiger partial charge < -0.3 is 0 Å². The first-order valence-electron chi connectivity index (χ1n) is 1.86. The van der Waals surface area contributed by atoms with Crippen LogP contribution in [0.2, 0.25) is 0 Å². The lowest BCUT2D eigenvalue weighted by Gasteiger charge is -1.75. The van der Waals surface area contributed by atoms with E-state index >= 15 is 0 Å². The molecule has 0 aromatic carbocycles. The Hall–Kier alpha value is 0.590. The summed E-state index contributed by atoms with van der Waals surface area (Å²) in [6, 6.07) is 0. The molecule has 0 saturated heterocycles. The maximum absolute atomic E-state index is 4.01. The lowest BCUT2D eigenvalue weighted by Crippen LogP contribution is -1.69. The van der Waals surface area contributed by atoms with E-state index in [1.54, 1.807) is 11.3 Å². The lowest BCUT2D eigenvalue weighted by atomic mass is 10.6. The molecular formula is C4H5Br2NS. The molecule has 0 bridgehead atoms. The van der Waals surface area contributed by atoms with Crippen molar-refractivity contribution in [1.82, 2.24) is 4.98 Å². The number of alkyl halides is 1. The van der Waals surface area contributed by atoms with Crippen LogP contribution in [0.15, 0.2) is 10.9 Å². The van der Waals surface area contributed by atoms with Crippen molar-refractivity contribution in [2.75, 3.05) is 0 Å². The molecular weight excluding hydrogens is 254 g/mol. The van der Waals surface area contributed by atoms with E-state index in [-0.39, 0.29) is 17.0 Å². The third kappa shape index (κ3) is 2.24. The summed E-state index contributed by atoms with van der Waals surface area (Å²) < 4.78 is 0. The van der Waals surface area contributed by atoms with Gasteiger partial charge in [0, 0.05) is 10.7 Å². The first-order valence-corrected chi connectivity index (χ1v) is 3.93. The Kier molecular flexibility index (Phi) is 4.80. The van der Waals surface area contributed by atoms with Gasteiger partial charge in [-0.1, -0.05) is 15.9 Å². The molecule has 0 aliphatic carbocycles. The molecule has 1 aromatic rings. The molecule has 1 rings (SSSR count). The van der Waals surface area contributed by atoms with Gasteiger partial charge in [0.05, 0.1) is 11.2 Å². The van der Waals surface area contributed by atoms with Crippen LogP contribution in [0.5, 0.6) is 0 Å². The Balaban J connectivity index is 0.000000490. The molecule has 0 spiro atoms. The minimum absolute atomic E-state index is 0. The smallest absolute Gasteiger partial charge is 0.0795 e. The van der Waals surface area contributed by atoms with Gasteiger partial charge in [-0.3, -0.25) is 0 Å². The van der Waals surface area contributed by atoms with Gasteiger partial charge in [-0.15, -0.1) is 28.3 Å². The standard InChI is InChI=1S/C4H4BrNS.BrH/c5-1-4-2-7-3-6-4;/h2-3H,1H2;1H. The fourth-order valence-electron chi connectivity index (χ4n) is 0.304. The molecule has 0 N–H and O–H groups in total. The van der Waals surface area contributed by atoms with Gasteiger partial charge in [0.2, 0.25) is 0 Å². The molecule has 1 nitrogen and oxygen atoms in total. The average Bonchev–Trinajstić information content (AvgIpc) is 2.14. The molecule has 0 amide bonds. The minimum Gasteiger partial charge on any atom is -0.249 e. The Morgan fingerprint density at radius 3 is 2.75 bits per heavy atom. The zero-order valence-electron chi connectivity index (χ0n) is 4.00. The minimum atomic E-state index is 0. The summed E-state index contributed by atoms with van der Waals surface area (Å²) in [7, 11) is 0. The van der Waals surface area contributed by atoms with Gasteiger partial charge in [-0.25, -0.2) is 4.98 Å². The summed E-state index contributed by atoms with van der Waals surface area (Å²) >= 11 is 4.90. The molecule has 0 radical (unpaired) electrons. The van der Waals surface area contributed by atoms with Crippen LogP contribution in [0.4, 0.5) is 0 Å². The average molecular weight is 259 g/mol. The van der Waals surface area contributed by atoms with E-state index in [4.69, 9.17) is 0 Å². The van der Waals surface area contributed by atoms with E-state index in [2.05, 4.69) is 20.9 Å². The van der Waals surface area contributed by atoms with E-state index in [1.165, 1.54) is 0 Å². The van der Waals surface area contributed by atoms with Crippen molar-refractivity contribution in [3.8, 4) is 0 Å². The van der Waals surface area contributed by atoms with E-state index in [0.29, 0.717) is 0 Å². The van der Waals surface area contributed by atoms with Crippen molar-refractivity contribution in [2.24, 2.45) is 0 Å². The molecule has 4 heteroatoms. The van der Waals surface area contributed by atoms with E-state index in [1.807, 2.05) is 10.9 Å². The predicted molar refractivity (Wildman–Crippen MR) is 45.1 cm³/mol. The first-order chi connectivity index (χ1) is 3.43. The molecule has 0 aliphatic heterocycles. The molecule has 8 heavy (non-hydrogen) atoms. The maximum atomic E-state index is 4.01. The van der Waals surface area contributed by atoms with Crippen molar-refractivity contribution in [1.29, 1.82) is 0 Å². The fourth-order valence-corrected chi connectivity index (χ4v) is 1.38. The second kappa shape index (κ2) is 4.47. The van der Waals surface area contributed by atoms with Gasteiger partial charge in [0.25, 0.3) is 0 Å². The van der Waals surface area contributed by atoms with Gasteiger partial charge in [-0.2, -0.15) is 0 Å². The summed E-state index contributed by atoms with van der Waals surface area (Å²) in [6.45, 7) is 0. The SMILES string of the molecule is Br.BrCc1cscn1. The van der Waals surface area contributed by atoms with Crippen molar-refractivity contribution in [3.05, 3.63) is 16.6 Å². The summed E-state index contributed by atoms with van der Waals surface area (Å²) in [6.07, 6.45) is 0. The van der Waals surface area contributed by atoms with Crippen LogP contribution in [0.1, 0.15) is 5.69 Å². The van der Waals surface area contributed by atoms with Crippen molar-refractivity contribution >= 4 is 44.2 Å². The summed E-state index contributed by atoms with van der Waals surface area (Å²) in [5, 5.41) is 2.89. The molecule has 0 aliphatic rings. The van der Waals surface area contributed by atoms with E-state index < -0.39 is 0 Å².